The molecule has 4 heteroatoms. The van der Waals surface area contributed by atoms with E-state index < -0.39 is 0 Å². The lowest BCUT2D eigenvalue weighted by atomic mass is 10.1. The third-order valence-corrected chi connectivity index (χ3v) is 3.38. The van der Waals surface area contributed by atoms with Gasteiger partial charge in [-0.2, -0.15) is 5.26 Å². The Hall–Kier alpha value is -2.80. The van der Waals surface area contributed by atoms with Crippen LogP contribution in [0, 0.1) is 17.1 Å². The molecule has 3 nitrogen and oxygen atoms in total. The lowest BCUT2D eigenvalue weighted by Gasteiger charge is -2.08. The van der Waals surface area contributed by atoms with E-state index in [1.54, 1.807) is 24.3 Å². The SMILES string of the molecule is N#Cc1cccc2c1ccn2Cc1cccc(N)c1F. The van der Waals surface area contributed by atoms with Gasteiger partial charge in [0, 0.05) is 22.7 Å². The molecule has 0 aliphatic rings. The van der Waals surface area contributed by atoms with Crippen molar-refractivity contribution in [3.63, 3.8) is 0 Å². The van der Waals surface area contributed by atoms with Crippen LogP contribution < -0.4 is 5.73 Å². The number of aromatic nitrogens is 1. The molecule has 0 spiro atoms. The second kappa shape index (κ2) is 4.71. The van der Waals surface area contributed by atoms with Crippen molar-refractivity contribution < 1.29 is 4.39 Å². The van der Waals surface area contributed by atoms with Gasteiger partial charge in [-0.1, -0.05) is 18.2 Å². The number of hydrogen-bond donors (Lipinski definition) is 1. The molecule has 0 radical (unpaired) electrons. The van der Waals surface area contributed by atoms with Crippen molar-refractivity contribution in [1.82, 2.24) is 4.57 Å². The number of hydrogen-bond acceptors (Lipinski definition) is 2. The van der Waals surface area contributed by atoms with E-state index in [-0.39, 0.29) is 11.5 Å². The zero-order chi connectivity index (χ0) is 14.1. The van der Waals surface area contributed by atoms with Crippen LogP contribution in [0.1, 0.15) is 11.1 Å². The lowest BCUT2D eigenvalue weighted by molar-refractivity contribution is 0.606. The molecule has 2 aromatic carbocycles. The summed E-state index contributed by atoms with van der Waals surface area (Å²) < 4.78 is 15.9. The average Bonchev–Trinajstić information content (AvgIpc) is 2.87. The summed E-state index contributed by atoms with van der Waals surface area (Å²) in [5.74, 6) is -0.384. The average molecular weight is 265 g/mol. The van der Waals surface area contributed by atoms with E-state index in [0.717, 1.165) is 10.9 Å². The van der Waals surface area contributed by atoms with Gasteiger partial charge in [-0.25, -0.2) is 4.39 Å². The van der Waals surface area contributed by atoms with Crippen LogP contribution in [-0.2, 0) is 6.54 Å². The van der Waals surface area contributed by atoms with Gasteiger partial charge in [0.1, 0.15) is 0 Å². The van der Waals surface area contributed by atoms with E-state index in [0.29, 0.717) is 17.7 Å². The normalized spacial score (nSPS) is 10.6. The van der Waals surface area contributed by atoms with E-state index in [2.05, 4.69) is 6.07 Å². The van der Waals surface area contributed by atoms with Crippen molar-refractivity contribution in [3.8, 4) is 6.07 Å². The van der Waals surface area contributed by atoms with Crippen LogP contribution >= 0.6 is 0 Å². The van der Waals surface area contributed by atoms with E-state index in [4.69, 9.17) is 11.0 Å². The van der Waals surface area contributed by atoms with E-state index in [9.17, 15) is 4.39 Å². The van der Waals surface area contributed by atoms with Crippen LogP contribution in [-0.4, -0.2) is 4.57 Å². The molecule has 0 unspecified atom stereocenters. The van der Waals surface area contributed by atoms with Crippen molar-refractivity contribution in [2.24, 2.45) is 0 Å². The zero-order valence-electron chi connectivity index (χ0n) is 10.7. The molecule has 0 saturated heterocycles. The quantitative estimate of drug-likeness (QED) is 0.723. The fourth-order valence-corrected chi connectivity index (χ4v) is 2.36. The van der Waals surface area contributed by atoms with E-state index >= 15 is 0 Å². The van der Waals surface area contributed by atoms with Gasteiger partial charge in [0.15, 0.2) is 5.82 Å². The lowest BCUT2D eigenvalue weighted by Crippen LogP contribution is -2.02. The maximum Gasteiger partial charge on any atom is 0.151 e. The number of nitrogens with two attached hydrogens (primary N) is 1. The molecular weight excluding hydrogens is 253 g/mol. The smallest absolute Gasteiger partial charge is 0.151 e. The number of halogens is 1. The molecule has 0 amide bonds. The van der Waals surface area contributed by atoms with Gasteiger partial charge < -0.3 is 10.3 Å². The maximum absolute atomic E-state index is 13.9. The maximum atomic E-state index is 13.9. The Balaban J connectivity index is 2.08. The van der Waals surface area contributed by atoms with Crippen molar-refractivity contribution >= 4 is 16.6 Å². The number of fused-ring (bicyclic) bond motifs is 1. The molecule has 0 fully saturated rings. The van der Waals surface area contributed by atoms with Crippen LogP contribution in [0.4, 0.5) is 10.1 Å². The van der Waals surface area contributed by atoms with Crippen LogP contribution in [0.25, 0.3) is 10.9 Å². The highest BCUT2D eigenvalue weighted by Crippen LogP contribution is 2.22. The third-order valence-electron chi connectivity index (χ3n) is 3.38. The highest BCUT2D eigenvalue weighted by atomic mass is 19.1. The third kappa shape index (κ3) is 1.90. The predicted octanol–water partition coefficient (Wildman–Crippen LogP) is 3.28. The molecule has 0 bridgehead atoms. The Labute approximate surface area is 115 Å². The van der Waals surface area contributed by atoms with Gasteiger partial charge in [0.25, 0.3) is 0 Å². The molecule has 2 N–H and O–H groups in total. The molecule has 1 aromatic heterocycles. The van der Waals surface area contributed by atoms with E-state index in [1.165, 1.54) is 0 Å². The Morgan fingerprint density at radius 2 is 1.95 bits per heavy atom. The van der Waals surface area contributed by atoms with Gasteiger partial charge in [0.2, 0.25) is 0 Å². The first-order valence-electron chi connectivity index (χ1n) is 6.21. The minimum atomic E-state index is -0.384. The Morgan fingerprint density at radius 3 is 2.75 bits per heavy atom. The molecule has 3 rings (SSSR count). The standard InChI is InChI=1S/C16H12FN3/c17-16-12(4-1-5-14(16)19)10-20-8-7-13-11(9-18)3-2-6-15(13)20/h1-8H,10,19H2. The summed E-state index contributed by atoms with van der Waals surface area (Å²) >= 11 is 0. The number of anilines is 1. The fourth-order valence-electron chi connectivity index (χ4n) is 2.36. The molecule has 3 aromatic rings. The topological polar surface area (TPSA) is 54.7 Å². The highest BCUT2D eigenvalue weighted by molar-refractivity contribution is 5.86. The van der Waals surface area contributed by atoms with Crippen molar-refractivity contribution in [3.05, 3.63) is 65.6 Å². The van der Waals surface area contributed by atoms with Crippen LogP contribution in [0.15, 0.2) is 48.7 Å². The Morgan fingerprint density at radius 1 is 1.15 bits per heavy atom. The second-order valence-corrected chi connectivity index (χ2v) is 4.61. The summed E-state index contributed by atoms with van der Waals surface area (Å²) in [6.07, 6.45) is 1.86. The summed E-state index contributed by atoms with van der Waals surface area (Å²) in [6.45, 7) is 0.384. The first-order valence-corrected chi connectivity index (χ1v) is 6.21. The van der Waals surface area contributed by atoms with E-state index in [1.807, 2.05) is 29.0 Å². The van der Waals surface area contributed by atoms with Gasteiger partial charge in [-0.05, 0) is 24.3 Å². The van der Waals surface area contributed by atoms with Crippen molar-refractivity contribution in [2.75, 3.05) is 5.73 Å². The number of nitrogens with zero attached hydrogens (tertiary/aromatic N) is 2. The predicted molar refractivity (Wildman–Crippen MR) is 76.6 cm³/mol. The van der Waals surface area contributed by atoms with Gasteiger partial charge in [-0.3, -0.25) is 0 Å². The Bertz CT molecular complexity index is 827. The summed E-state index contributed by atoms with van der Waals surface area (Å²) in [5, 5.41) is 9.95. The van der Waals surface area contributed by atoms with Crippen molar-refractivity contribution in [1.29, 1.82) is 5.26 Å². The van der Waals surface area contributed by atoms with Gasteiger partial charge in [-0.15, -0.1) is 0 Å². The summed E-state index contributed by atoms with van der Waals surface area (Å²) in [5.41, 5.74) is 7.79. The van der Waals surface area contributed by atoms with Crippen LogP contribution in [0.5, 0.6) is 0 Å². The monoisotopic (exact) mass is 265 g/mol. The van der Waals surface area contributed by atoms with Crippen LogP contribution in [0.3, 0.4) is 0 Å². The molecule has 0 saturated carbocycles. The summed E-state index contributed by atoms with van der Waals surface area (Å²) in [4.78, 5) is 0. The molecule has 1 heterocycles. The number of nitrogen functional groups attached to an aromatic ring is 1. The fraction of sp³-hybridized carbons (Fsp3) is 0.0625. The summed E-state index contributed by atoms with van der Waals surface area (Å²) in [7, 11) is 0. The van der Waals surface area contributed by atoms with Gasteiger partial charge in [0.05, 0.1) is 23.9 Å². The Kier molecular flexibility index (Phi) is 2.88. The first-order chi connectivity index (χ1) is 9.70. The highest BCUT2D eigenvalue weighted by Gasteiger charge is 2.09. The minimum Gasteiger partial charge on any atom is -0.396 e. The number of benzene rings is 2. The number of nitriles is 1. The first kappa shape index (κ1) is 12.2. The summed E-state index contributed by atoms with van der Waals surface area (Å²) in [6, 6.07) is 14.5. The molecular formula is C16H12FN3. The largest absolute Gasteiger partial charge is 0.396 e. The zero-order valence-corrected chi connectivity index (χ0v) is 10.7. The minimum absolute atomic E-state index is 0.150. The molecule has 0 aliphatic carbocycles. The second-order valence-electron chi connectivity index (χ2n) is 4.61. The molecule has 20 heavy (non-hydrogen) atoms. The molecule has 0 aliphatic heterocycles. The van der Waals surface area contributed by atoms with Crippen molar-refractivity contribution in [2.45, 2.75) is 6.54 Å². The number of rotatable bonds is 2. The van der Waals surface area contributed by atoms with Crippen LogP contribution in [0.2, 0.25) is 0 Å². The molecule has 0 atom stereocenters. The molecule has 98 valence electrons. The van der Waals surface area contributed by atoms with Gasteiger partial charge >= 0.3 is 0 Å².